The lowest BCUT2D eigenvalue weighted by molar-refractivity contribution is 0.477. The SMILES string of the molecule is [2H]C([2H])([2H])C([2H])(C)c1cccc(C([2H])(C([2H])([2H])[2H])C([2H])([2H])[2H])c1-n1c(-c2ccccc2O)nc2c(N3CN(c4ccccc4)c4ccccc43)cccc21. The first-order chi connectivity index (χ1) is 25.3. The van der Waals surface area contributed by atoms with Crippen LogP contribution in [0.4, 0.5) is 22.7 Å². The van der Waals surface area contributed by atoms with Crippen molar-refractivity contribution in [2.75, 3.05) is 16.5 Å². The average Bonchev–Trinajstić information content (AvgIpc) is 3.69. The normalized spacial score (nSPS) is 19.2. The molecule has 0 saturated carbocycles. The maximum atomic E-state index is 11.3. The zero-order valence-electron chi connectivity index (χ0n) is 34.4. The molecule has 1 N–H and O–H groups in total. The molecule has 0 saturated heterocycles. The first kappa shape index (κ1) is 17.2. The first-order valence-corrected chi connectivity index (χ1v) is 13.9. The number of imidazole rings is 1. The summed E-state index contributed by atoms with van der Waals surface area (Å²) in [6.07, 6.45) is 0. The van der Waals surface area contributed by atoms with Crippen LogP contribution in [0.5, 0.6) is 5.75 Å². The van der Waals surface area contributed by atoms with Crippen LogP contribution in [0.3, 0.4) is 0 Å². The van der Waals surface area contributed by atoms with Crippen LogP contribution in [-0.4, -0.2) is 21.3 Å². The van der Waals surface area contributed by atoms with Gasteiger partial charge in [-0.2, -0.15) is 0 Å². The van der Waals surface area contributed by atoms with Crippen LogP contribution >= 0.6 is 0 Å². The van der Waals surface area contributed by atoms with Crippen LogP contribution in [-0.2, 0) is 0 Å². The van der Waals surface area contributed by atoms with Crippen molar-refractivity contribution in [3.63, 3.8) is 0 Å². The fourth-order valence-electron chi connectivity index (χ4n) is 5.91. The largest absolute Gasteiger partial charge is 0.507 e. The van der Waals surface area contributed by atoms with Crippen LogP contribution in [0.15, 0.2) is 115 Å². The second kappa shape index (κ2) is 10.7. The molecule has 6 aromatic rings. The van der Waals surface area contributed by atoms with E-state index in [0.29, 0.717) is 17.9 Å². The van der Waals surface area contributed by atoms with Gasteiger partial charge in [0.05, 0.1) is 33.8 Å². The van der Waals surface area contributed by atoms with Crippen LogP contribution in [0.25, 0.3) is 28.1 Å². The number of benzene rings is 5. The molecule has 1 unspecified atom stereocenters. The Labute approximate surface area is 268 Å². The van der Waals surface area contributed by atoms with Crippen LogP contribution in [0.1, 0.15) is 65.5 Å². The van der Waals surface area contributed by atoms with E-state index in [0.717, 1.165) is 24.0 Å². The lowest BCUT2D eigenvalue weighted by Crippen LogP contribution is -2.24. The number of hydrogen-bond acceptors (Lipinski definition) is 4. The fraction of sp³-hybridized carbons (Fsp3) is 0.184. The van der Waals surface area contributed by atoms with E-state index in [-0.39, 0.29) is 33.9 Å². The van der Waals surface area contributed by atoms with Gasteiger partial charge in [-0.25, -0.2) is 4.98 Å². The molecule has 1 aromatic heterocycles. The topological polar surface area (TPSA) is 44.5 Å². The van der Waals surface area contributed by atoms with E-state index in [4.69, 9.17) is 17.3 Å². The van der Waals surface area contributed by atoms with E-state index in [9.17, 15) is 7.85 Å². The number of phenols is 1. The van der Waals surface area contributed by atoms with E-state index >= 15 is 0 Å². The molecule has 0 bridgehead atoms. The molecule has 0 aliphatic carbocycles. The minimum absolute atomic E-state index is 0.0106. The quantitative estimate of drug-likeness (QED) is 0.215. The molecule has 1 atom stereocenters. The van der Waals surface area contributed by atoms with Gasteiger partial charge in [0.2, 0.25) is 0 Å². The van der Waals surface area contributed by atoms with Crippen molar-refractivity contribution in [3.8, 4) is 22.8 Å². The van der Waals surface area contributed by atoms with Crippen molar-refractivity contribution in [1.29, 1.82) is 0 Å². The molecule has 43 heavy (non-hydrogen) atoms. The monoisotopic (exact) mass is 575 g/mol. The van der Waals surface area contributed by atoms with Crippen molar-refractivity contribution in [1.82, 2.24) is 9.55 Å². The number of phenolic OH excluding ortho intramolecular Hbond substituents is 1. The number of rotatable bonds is 6. The molecular weight excluding hydrogens is 528 g/mol. The van der Waals surface area contributed by atoms with Gasteiger partial charge < -0.3 is 14.9 Å². The van der Waals surface area contributed by atoms with Gasteiger partial charge in [0, 0.05) is 20.8 Å². The Morgan fingerprint density at radius 3 is 2.07 bits per heavy atom. The number of aromatic nitrogens is 2. The third kappa shape index (κ3) is 4.43. The van der Waals surface area contributed by atoms with Gasteiger partial charge in [-0.1, -0.05) is 94.2 Å². The van der Waals surface area contributed by atoms with Gasteiger partial charge in [-0.05, 0) is 71.4 Å². The molecule has 0 radical (unpaired) electrons. The van der Waals surface area contributed by atoms with Crippen molar-refractivity contribution in [2.24, 2.45) is 0 Å². The molecule has 0 fully saturated rings. The second-order valence-electron chi connectivity index (χ2n) is 10.5. The number of hydrogen-bond donors (Lipinski definition) is 1. The Balaban J connectivity index is 1.62. The number of para-hydroxylation sites is 6. The van der Waals surface area contributed by atoms with E-state index in [1.54, 1.807) is 30.3 Å². The number of anilines is 4. The van der Waals surface area contributed by atoms with Gasteiger partial charge in [0.1, 0.15) is 23.8 Å². The standard InChI is InChI=1S/C38H36N4O/c1-25(2)28-17-12-18-29(26(3)4)37(28)42-34-22-13-21-33(36(34)39-38(42)30-16-8-11-23-35(30)43)41-24-40(27-14-6-5-7-15-27)31-19-9-10-20-32(31)41/h5-23,25-26,43H,24H2,1-4H3/i1D3,2D3,3D3,25D,26D. The van der Waals surface area contributed by atoms with Crippen LogP contribution in [0, 0.1) is 0 Å². The summed E-state index contributed by atoms with van der Waals surface area (Å²) in [5.74, 6) is -5.96. The van der Waals surface area contributed by atoms with Gasteiger partial charge in [-0.3, -0.25) is 4.57 Å². The molecule has 7 rings (SSSR count). The molecule has 5 aromatic carbocycles. The Kier molecular flexibility index (Phi) is 4.26. The summed E-state index contributed by atoms with van der Waals surface area (Å²) >= 11 is 0. The Morgan fingerprint density at radius 1 is 0.698 bits per heavy atom. The summed E-state index contributed by atoms with van der Waals surface area (Å²) < 4.78 is 95.7. The first-order valence-electron chi connectivity index (χ1n) is 19.4. The average molecular weight is 576 g/mol. The lowest BCUT2D eigenvalue weighted by Gasteiger charge is -2.23. The summed E-state index contributed by atoms with van der Waals surface area (Å²) in [5.41, 5.74) is 3.00. The van der Waals surface area contributed by atoms with Crippen molar-refractivity contribution < 1.29 is 20.2 Å². The van der Waals surface area contributed by atoms with Crippen LogP contribution < -0.4 is 9.80 Å². The van der Waals surface area contributed by atoms with Crippen molar-refractivity contribution in [3.05, 3.63) is 126 Å². The van der Waals surface area contributed by atoms with E-state index in [1.807, 2.05) is 65.6 Å². The molecule has 5 heteroatoms. The highest BCUT2D eigenvalue weighted by Crippen LogP contribution is 2.47. The molecule has 214 valence electrons. The van der Waals surface area contributed by atoms with Crippen LogP contribution in [0.2, 0.25) is 0 Å². The molecule has 0 spiro atoms. The maximum Gasteiger partial charge on any atom is 0.149 e. The summed E-state index contributed by atoms with van der Waals surface area (Å²) in [6.45, 7) is -8.41. The Bertz CT molecular complexity index is 2350. The Hall–Kier alpha value is -5.03. The minimum atomic E-state index is -3.46. The lowest BCUT2D eigenvalue weighted by atomic mass is 9.92. The molecular formula is C38H36N4O. The van der Waals surface area contributed by atoms with Gasteiger partial charge in [-0.15, -0.1) is 0 Å². The van der Waals surface area contributed by atoms with E-state index in [2.05, 4.69) is 4.90 Å². The molecule has 1 aliphatic rings. The van der Waals surface area contributed by atoms with Gasteiger partial charge in [0.15, 0.2) is 0 Å². The van der Waals surface area contributed by atoms with Crippen molar-refractivity contribution in [2.45, 2.75) is 39.3 Å². The molecule has 1 aliphatic heterocycles. The number of fused-ring (bicyclic) bond motifs is 2. The number of nitrogens with zero attached hydrogens (tertiary/aromatic N) is 4. The zero-order valence-corrected chi connectivity index (χ0v) is 23.4. The fourth-order valence-corrected chi connectivity index (χ4v) is 5.91. The third-order valence-corrected chi connectivity index (χ3v) is 7.85. The highest BCUT2D eigenvalue weighted by molar-refractivity contribution is 5.99. The van der Waals surface area contributed by atoms with Crippen molar-refractivity contribution >= 4 is 33.8 Å². The second-order valence-corrected chi connectivity index (χ2v) is 10.5. The van der Waals surface area contributed by atoms with Gasteiger partial charge >= 0.3 is 0 Å². The summed E-state index contributed by atoms with van der Waals surface area (Å²) in [5, 5.41) is 11.3. The van der Waals surface area contributed by atoms with E-state index in [1.165, 1.54) is 28.8 Å². The molecule has 2 heterocycles. The maximum absolute atomic E-state index is 11.3. The number of aromatic hydroxyl groups is 1. The highest BCUT2D eigenvalue weighted by Gasteiger charge is 2.31. The minimum Gasteiger partial charge on any atom is -0.507 e. The Morgan fingerprint density at radius 2 is 1.33 bits per heavy atom. The van der Waals surface area contributed by atoms with E-state index < -0.39 is 37.9 Å². The predicted octanol–water partition coefficient (Wildman–Crippen LogP) is 9.89. The zero-order chi connectivity index (χ0) is 39.0. The highest BCUT2D eigenvalue weighted by atomic mass is 16.3. The smallest absolute Gasteiger partial charge is 0.149 e. The predicted molar refractivity (Wildman–Crippen MR) is 178 cm³/mol. The molecule has 5 nitrogen and oxygen atoms in total. The summed E-state index contributed by atoms with van der Waals surface area (Å²) in [6, 6.07) is 32.9. The summed E-state index contributed by atoms with van der Waals surface area (Å²) in [4.78, 5) is 9.24. The summed E-state index contributed by atoms with van der Waals surface area (Å²) in [7, 11) is 0. The third-order valence-electron chi connectivity index (χ3n) is 7.85. The molecule has 0 amide bonds. The van der Waals surface area contributed by atoms with Gasteiger partial charge in [0.25, 0.3) is 0 Å².